The predicted octanol–water partition coefficient (Wildman–Crippen LogP) is 4.05. The normalized spacial score (nSPS) is 14.6. The third-order valence-corrected chi connectivity index (χ3v) is 6.77. The first-order valence-corrected chi connectivity index (χ1v) is 11.4. The number of methoxy groups -OCH3 is 4. The molecule has 0 radical (unpaired) electrons. The Kier molecular flexibility index (Phi) is 5.94. The molecule has 0 saturated heterocycles. The van der Waals surface area contributed by atoms with Crippen LogP contribution in [-0.4, -0.2) is 51.5 Å². The molecule has 0 aromatic heterocycles. The topological polar surface area (TPSA) is 74.3 Å². The van der Waals surface area contributed by atoms with Crippen LogP contribution in [-0.2, 0) is 19.5 Å². The van der Waals surface area contributed by atoms with Crippen molar-refractivity contribution in [3.63, 3.8) is 0 Å². The molecule has 0 amide bonds. The Bertz CT molecular complexity index is 1350. The standard InChI is InChI=1S/C28H27NO6/c1-32-21-7-5-6-19-25(21)28(31)26-20(27(19)30)10-16(11-24(26)35-4)14-29-9-8-17-12-22(33-2)23(34-3)13-18(17)15-29/h5-7,10-13H,8-9,14-15H2,1-4H3. The van der Waals surface area contributed by atoms with Gasteiger partial charge in [0.25, 0.3) is 0 Å². The molecule has 3 aromatic carbocycles. The van der Waals surface area contributed by atoms with Crippen LogP contribution in [0.3, 0.4) is 0 Å². The Hall–Kier alpha value is -3.84. The molecule has 0 fully saturated rings. The van der Waals surface area contributed by atoms with Crippen molar-refractivity contribution >= 4 is 11.6 Å². The molecule has 2 aliphatic rings. The highest BCUT2D eigenvalue weighted by Crippen LogP contribution is 2.39. The minimum Gasteiger partial charge on any atom is -0.496 e. The highest BCUT2D eigenvalue weighted by Gasteiger charge is 2.35. The summed E-state index contributed by atoms with van der Waals surface area (Å²) in [5.74, 6) is 1.77. The van der Waals surface area contributed by atoms with Gasteiger partial charge in [0.05, 0.1) is 39.6 Å². The van der Waals surface area contributed by atoms with E-state index < -0.39 is 0 Å². The Labute approximate surface area is 204 Å². The van der Waals surface area contributed by atoms with E-state index in [-0.39, 0.29) is 17.1 Å². The van der Waals surface area contributed by atoms with E-state index in [1.165, 1.54) is 25.3 Å². The second kappa shape index (κ2) is 9.07. The van der Waals surface area contributed by atoms with Gasteiger partial charge in [-0.3, -0.25) is 14.5 Å². The van der Waals surface area contributed by atoms with Crippen molar-refractivity contribution in [3.05, 3.63) is 81.4 Å². The molecule has 5 rings (SSSR count). The molecule has 0 saturated carbocycles. The summed E-state index contributed by atoms with van der Waals surface area (Å²) >= 11 is 0. The van der Waals surface area contributed by atoms with Gasteiger partial charge in [0.15, 0.2) is 17.3 Å². The van der Waals surface area contributed by atoms with Crippen LogP contribution in [0.5, 0.6) is 23.0 Å². The van der Waals surface area contributed by atoms with Crippen LogP contribution in [0.1, 0.15) is 48.5 Å². The van der Waals surface area contributed by atoms with Gasteiger partial charge in [-0.25, -0.2) is 0 Å². The second-order valence-corrected chi connectivity index (χ2v) is 8.70. The molecule has 3 aromatic rings. The fourth-order valence-electron chi connectivity index (χ4n) is 5.07. The Balaban J connectivity index is 1.48. The average molecular weight is 474 g/mol. The van der Waals surface area contributed by atoms with Crippen LogP contribution in [0, 0.1) is 0 Å². The van der Waals surface area contributed by atoms with Crippen molar-refractivity contribution in [2.75, 3.05) is 35.0 Å². The second-order valence-electron chi connectivity index (χ2n) is 8.70. The number of rotatable bonds is 6. The summed E-state index contributed by atoms with van der Waals surface area (Å²) in [5.41, 5.74) is 4.65. The van der Waals surface area contributed by atoms with Crippen LogP contribution in [0.4, 0.5) is 0 Å². The number of carbonyl (C=O) groups is 2. The van der Waals surface area contributed by atoms with E-state index in [0.29, 0.717) is 40.5 Å². The fourth-order valence-corrected chi connectivity index (χ4v) is 5.07. The number of hydrogen-bond acceptors (Lipinski definition) is 7. The van der Waals surface area contributed by atoms with Gasteiger partial charge < -0.3 is 18.9 Å². The Morgan fingerprint density at radius 2 is 1.37 bits per heavy atom. The minimum atomic E-state index is -0.261. The molecule has 1 aliphatic heterocycles. The van der Waals surface area contributed by atoms with Gasteiger partial charge in [0, 0.05) is 30.8 Å². The lowest BCUT2D eigenvalue weighted by Gasteiger charge is -2.30. The zero-order chi connectivity index (χ0) is 24.7. The summed E-state index contributed by atoms with van der Waals surface area (Å²) in [6.45, 7) is 2.21. The summed E-state index contributed by atoms with van der Waals surface area (Å²) in [7, 11) is 6.29. The van der Waals surface area contributed by atoms with Crippen LogP contribution in [0.25, 0.3) is 0 Å². The zero-order valence-corrected chi connectivity index (χ0v) is 20.3. The van der Waals surface area contributed by atoms with Gasteiger partial charge in [-0.05, 0) is 53.4 Å². The molecule has 0 unspecified atom stereocenters. The fraction of sp³-hybridized carbons (Fsp3) is 0.286. The van der Waals surface area contributed by atoms with Crippen molar-refractivity contribution < 1.29 is 28.5 Å². The summed E-state index contributed by atoms with van der Waals surface area (Å²) in [6, 6.07) is 12.8. The van der Waals surface area contributed by atoms with Gasteiger partial charge in [-0.1, -0.05) is 12.1 Å². The van der Waals surface area contributed by atoms with E-state index in [4.69, 9.17) is 18.9 Å². The van der Waals surface area contributed by atoms with Gasteiger partial charge in [-0.2, -0.15) is 0 Å². The molecule has 180 valence electrons. The molecule has 0 N–H and O–H groups in total. The summed E-state index contributed by atoms with van der Waals surface area (Å²) < 4.78 is 21.9. The molecule has 0 bridgehead atoms. The van der Waals surface area contributed by atoms with E-state index in [9.17, 15) is 9.59 Å². The molecule has 0 spiro atoms. The Morgan fingerprint density at radius 3 is 2.06 bits per heavy atom. The number of fused-ring (bicyclic) bond motifs is 3. The van der Waals surface area contributed by atoms with Crippen LogP contribution < -0.4 is 18.9 Å². The van der Waals surface area contributed by atoms with Crippen molar-refractivity contribution in [1.29, 1.82) is 0 Å². The molecule has 1 heterocycles. The lowest BCUT2D eigenvalue weighted by atomic mass is 9.82. The maximum absolute atomic E-state index is 13.4. The number of hydrogen-bond donors (Lipinski definition) is 0. The van der Waals surface area contributed by atoms with E-state index in [1.807, 2.05) is 24.3 Å². The third-order valence-electron chi connectivity index (χ3n) is 6.77. The average Bonchev–Trinajstić information content (AvgIpc) is 2.89. The van der Waals surface area contributed by atoms with Gasteiger partial charge >= 0.3 is 0 Å². The number of carbonyl (C=O) groups excluding carboxylic acids is 2. The molecular weight excluding hydrogens is 446 g/mol. The summed E-state index contributed by atoms with van der Waals surface area (Å²) in [5, 5.41) is 0. The third kappa shape index (κ3) is 3.82. The van der Waals surface area contributed by atoms with E-state index in [1.54, 1.807) is 32.4 Å². The van der Waals surface area contributed by atoms with Gasteiger partial charge in [0.2, 0.25) is 5.78 Å². The van der Waals surface area contributed by atoms with Crippen LogP contribution in [0.2, 0.25) is 0 Å². The van der Waals surface area contributed by atoms with Gasteiger partial charge in [0.1, 0.15) is 11.5 Å². The lowest BCUT2D eigenvalue weighted by molar-refractivity contribution is 0.0973. The number of ketones is 2. The zero-order valence-electron chi connectivity index (χ0n) is 20.3. The Morgan fingerprint density at radius 1 is 0.714 bits per heavy atom. The quantitative estimate of drug-likeness (QED) is 0.418. The smallest absolute Gasteiger partial charge is 0.201 e. The van der Waals surface area contributed by atoms with Crippen molar-refractivity contribution in [3.8, 4) is 23.0 Å². The van der Waals surface area contributed by atoms with Gasteiger partial charge in [-0.15, -0.1) is 0 Å². The number of benzene rings is 3. The molecule has 7 heteroatoms. The monoisotopic (exact) mass is 473 g/mol. The van der Waals surface area contributed by atoms with Crippen molar-refractivity contribution in [1.82, 2.24) is 4.90 Å². The number of nitrogens with zero attached hydrogens (tertiary/aromatic N) is 1. The number of ether oxygens (including phenoxy) is 4. The molecule has 1 aliphatic carbocycles. The van der Waals surface area contributed by atoms with E-state index in [0.717, 1.165) is 30.8 Å². The SMILES string of the molecule is COc1cc2c(cc1OC)CN(Cc1cc(OC)c3c(c1)C(=O)c1cccc(OC)c1C3=O)CC2. The first kappa shape index (κ1) is 22.9. The maximum Gasteiger partial charge on any atom is 0.201 e. The first-order chi connectivity index (χ1) is 17.0. The van der Waals surface area contributed by atoms with Crippen LogP contribution in [0.15, 0.2) is 42.5 Å². The maximum atomic E-state index is 13.4. The predicted molar refractivity (Wildman–Crippen MR) is 130 cm³/mol. The van der Waals surface area contributed by atoms with Crippen LogP contribution >= 0.6 is 0 Å². The largest absolute Gasteiger partial charge is 0.496 e. The summed E-state index contributed by atoms with van der Waals surface area (Å²) in [4.78, 5) is 29.2. The molecule has 0 atom stereocenters. The minimum absolute atomic E-state index is 0.200. The van der Waals surface area contributed by atoms with Crippen molar-refractivity contribution in [2.24, 2.45) is 0 Å². The highest BCUT2D eigenvalue weighted by atomic mass is 16.5. The van der Waals surface area contributed by atoms with E-state index >= 15 is 0 Å². The van der Waals surface area contributed by atoms with Crippen molar-refractivity contribution in [2.45, 2.75) is 19.5 Å². The van der Waals surface area contributed by atoms with E-state index in [2.05, 4.69) is 4.90 Å². The summed E-state index contributed by atoms with van der Waals surface area (Å²) in [6.07, 6.45) is 0.877. The molecule has 35 heavy (non-hydrogen) atoms. The highest BCUT2D eigenvalue weighted by molar-refractivity contribution is 6.30. The molecule has 7 nitrogen and oxygen atoms in total. The first-order valence-electron chi connectivity index (χ1n) is 11.4. The lowest BCUT2D eigenvalue weighted by Crippen LogP contribution is -2.30. The molecular formula is C28H27NO6.